The number of carbonyl (C=O) groups excluding carboxylic acids is 4. The van der Waals surface area contributed by atoms with Gasteiger partial charge in [0.15, 0.2) is 17.2 Å². The zero-order chi connectivity index (χ0) is 32.5. The van der Waals surface area contributed by atoms with Crippen LogP contribution in [-0.2, 0) is 32.0 Å². The predicted molar refractivity (Wildman–Crippen MR) is 165 cm³/mol. The Morgan fingerprint density at radius 1 is 1.05 bits per heavy atom. The SMILES string of the molecule is CCC(=O)CCc1cc(-c2ccccc2)c2c(c1O)C(O)=C1C(=O)[C@@]3(O)C(O)=C(C(C)=O)C(=O)C(C(C)C)[C@@]3(C)C[C@@]1(C)C2. The maximum atomic E-state index is 14.6. The number of aryl methyl sites for hydroxylation is 1. The van der Waals surface area contributed by atoms with E-state index in [1.54, 1.807) is 34.6 Å². The molecule has 0 amide bonds. The van der Waals surface area contributed by atoms with Crippen LogP contribution < -0.4 is 0 Å². The first-order chi connectivity index (χ1) is 20.5. The molecule has 3 aliphatic carbocycles. The predicted octanol–water partition coefficient (Wildman–Crippen LogP) is 5.77. The van der Waals surface area contributed by atoms with Gasteiger partial charge in [0.25, 0.3) is 0 Å². The summed E-state index contributed by atoms with van der Waals surface area (Å²) < 4.78 is 0. The number of aliphatic hydroxyl groups excluding tert-OH is 2. The van der Waals surface area contributed by atoms with Gasteiger partial charge in [-0.15, -0.1) is 0 Å². The zero-order valence-corrected chi connectivity index (χ0v) is 26.1. The van der Waals surface area contributed by atoms with Gasteiger partial charge in [-0.25, -0.2) is 0 Å². The van der Waals surface area contributed by atoms with Gasteiger partial charge < -0.3 is 20.4 Å². The van der Waals surface area contributed by atoms with Crippen molar-refractivity contribution in [2.45, 2.75) is 79.2 Å². The van der Waals surface area contributed by atoms with Crippen LogP contribution in [-0.4, -0.2) is 49.2 Å². The number of rotatable bonds is 7. The summed E-state index contributed by atoms with van der Waals surface area (Å²) in [6.07, 6.45) is 0.933. The number of aromatic hydroxyl groups is 1. The molecule has 3 aliphatic rings. The molecule has 5 rings (SSSR count). The lowest BCUT2D eigenvalue weighted by Crippen LogP contribution is -2.69. The summed E-state index contributed by atoms with van der Waals surface area (Å²) in [5.41, 5.74) is -3.48. The molecule has 0 bridgehead atoms. The summed E-state index contributed by atoms with van der Waals surface area (Å²) in [4.78, 5) is 53.1. The zero-order valence-electron chi connectivity index (χ0n) is 26.1. The molecule has 1 unspecified atom stereocenters. The van der Waals surface area contributed by atoms with Crippen LogP contribution in [0.1, 0.15) is 77.5 Å². The lowest BCUT2D eigenvalue weighted by molar-refractivity contribution is -0.178. The van der Waals surface area contributed by atoms with Crippen LogP contribution in [0, 0.1) is 22.7 Å². The number of phenolic OH excluding ortho intramolecular Hbond substituents is 1. The first-order valence-corrected chi connectivity index (χ1v) is 15.2. The Kier molecular flexibility index (Phi) is 7.52. The van der Waals surface area contributed by atoms with Crippen LogP contribution >= 0.6 is 0 Å². The second-order valence-electron chi connectivity index (χ2n) is 13.5. The third kappa shape index (κ3) is 4.21. The highest BCUT2D eigenvalue weighted by Gasteiger charge is 2.72. The maximum Gasteiger partial charge on any atom is 0.203 e. The monoisotopic (exact) mass is 600 g/mol. The number of hydrogen-bond donors (Lipinski definition) is 4. The number of phenols is 1. The van der Waals surface area contributed by atoms with Crippen LogP contribution in [0.5, 0.6) is 5.75 Å². The van der Waals surface area contributed by atoms with E-state index in [2.05, 4.69) is 0 Å². The number of aliphatic hydroxyl groups is 3. The average Bonchev–Trinajstić information content (AvgIpc) is 2.94. The first kappa shape index (κ1) is 31.4. The summed E-state index contributed by atoms with van der Waals surface area (Å²) >= 11 is 0. The Hall–Kier alpha value is -4.04. The topological polar surface area (TPSA) is 149 Å². The fraction of sp³-hybridized carbons (Fsp3) is 0.444. The number of allylic oxidation sites excluding steroid dienone is 1. The number of fused-ring (bicyclic) bond motifs is 3. The van der Waals surface area contributed by atoms with Crippen LogP contribution in [0.3, 0.4) is 0 Å². The molecule has 0 radical (unpaired) electrons. The second kappa shape index (κ2) is 10.5. The lowest BCUT2D eigenvalue weighted by atomic mass is 9.43. The fourth-order valence-electron chi connectivity index (χ4n) is 8.36. The maximum absolute atomic E-state index is 14.6. The molecule has 2 aromatic carbocycles. The van der Waals surface area contributed by atoms with Gasteiger partial charge in [-0.3, -0.25) is 19.2 Å². The number of Topliss-reactive ketones (excluding diaryl/α,β-unsaturated/α-hetero) is 4. The summed E-state index contributed by atoms with van der Waals surface area (Å²) in [5, 5.41) is 47.2. The van der Waals surface area contributed by atoms with E-state index in [4.69, 9.17) is 0 Å². The minimum Gasteiger partial charge on any atom is -0.508 e. The largest absolute Gasteiger partial charge is 0.508 e. The van der Waals surface area contributed by atoms with Crippen molar-refractivity contribution in [2.24, 2.45) is 22.7 Å². The highest BCUT2D eigenvalue weighted by Crippen LogP contribution is 2.65. The third-order valence-electron chi connectivity index (χ3n) is 10.2. The molecular formula is C36H40O8. The Balaban J connectivity index is 1.82. The standard InChI is InChI=1S/C36H40O8/c1-7-22(38)14-13-21-15-23(20-11-9-8-10-12-20)24-16-34(5)17-35(6)27(18(2)3)30(40)25(19(4)37)32(42)36(35,44)33(43)28(34)31(41)26(24)29(21)39/h8-12,15,18,27,39,41-42,44H,7,13-14,16-17H2,1-6H3/t27?,34-,35-,36+/m1/s1. The van der Waals surface area contributed by atoms with Gasteiger partial charge >= 0.3 is 0 Å². The quantitative estimate of drug-likeness (QED) is 0.293. The van der Waals surface area contributed by atoms with Gasteiger partial charge in [0.1, 0.15) is 28.6 Å². The summed E-state index contributed by atoms with van der Waals surface area (Å²) in [6, 6.07) is 11.2. The minimum absolute atomic E-state index is 0.0117. The summed E-state index contributed by atoms with van der Waals surface area (Å²) in [6.45, 7) is 9.79. The van der Waals surface area contributed by atoms with Crippen molar-refractivity contribution in [3.05, 3.63) is 70.0 Å². The molecule has 8 nitrogen and oxygen atoms in total. The number of hydrogen-bond acceptors (Lipinski definition) is 8. The van der Waals surface area contributed by atoms with Crippen molar-refractivity contribution < 1.29 is 39.6 Å². The van der Waals surface area contributed by atoms with E-state index in [0.29, 0.717) is 17.5 Å². The van der Waals surface area contributed by atoms with E-state index in [0.717, 1.165) is 18.1 Å². The van der Waals surface area contributed by atoms with Crippen molar-refractivity contribution in [3.8, 4) is 16.9 Å². The number of benzene rings is 2. The summed E-state index contributed by atoms with van der Waals surface area (Å²) in [7, 11) is 0. The lowest BCUT2D eigenvalue weighted by Gasteiger charge is -2.59. The number of carbonyl (C=O) groups is 4. The normalized spacial score (nSPS) is 28.1. The Bertz CT molecular complexity index is 1680. The molecule has 0 heterocycles. The van der Waals surface area contributed by atoms with Crippen molar-refractivity contribution in [1.82, 2.24) is 0 Å². The van der Waals surface area contributed by atoms with Gasteiger partial charge in [-0.05, 0) is 60.4 Å². The van der Waals surface area contributed by atoms with E-state index in [-0.39, 0.29) is 48.4 Å². The van der Waals surface area contributed by atoms with Gasteiger partial charge in [-0.2, -0.15) is 0 Å². The molecule has 8 heteroatoms. The van der Waals surface area contributed by atoms with Crippen LogP contribution in [0.25, 0.3) is 16.9 Å². The smallest absolute Gasteiger partial charge is 0.203 e. The van der Waals surface area contributed by atoms with Crippen molar-refractivity contribution in [1.29, 1.82) is 0 Å². The Labute approximate surface area is 257 Å². The molecule has 1 fully saturated rings. The van der Waals surface area contributed by atoms with E-state index < -0.39 is 62.7 Å². The molecule has 1 saturated carbocycles. The molecule has 232 valence electrons. The molecule has 2 aromatic rings. The molecule has 4 atom stereocenters. The van der Waals surface area contributed by atoms with Crippen molar-refractivity contribution >= 4 is 28.9 Å². The van der Waals surface area contributed by atoms with Crippen LogP contribution in [0.2, 0.25) is 0 Å². The minimum atomic E-state index is -2.67. The average molecular weight is 601 g/mol. The first-order valence-electron chi connectivity index (χ1n) is 15.2. The molecular weight excluding hydrogens is 560 g/mol. The van der Waals surface area contributed by atoms with E-state index in [1.165, 1.54) is 0 Å². The van der Waals surface area contributed by atoms with E-state index in [1.807, 2.05) is 36.4 Å². The van der Waals surface area contributed by atoms with Crippen LogP contribution in [0.4, 0.5) is 0 Å². The van der Waals surface area contributed by atoms with Crippen molar-refractivity contribution in [2.75, 3.05) is 0 Å². The molecule has 0 aromatic heterocycles. The fourth-order valence-corrected chi connectivity index (χ4v) is 8.36. The molecule has 0 spiro atoms. The highest BCUT2D eigenvalue weighted by atomic mass is 16.3. The second-order valence-corrected chi connectivity index (χ2v) is 13.5. The van der Waals surface area contributed by atoms with E-state index in [9.17, 15) is 39.6 Å². The Morgan fingerprint density at radius 3 is 2.25 bits per heavy atom. The molecule has 44 heavy (non-hydrogen) atoms. The molecule has 0 aliphatic heterocycles. The third-order valence-corrected chi connectivity index (χ3v) is 10.2. The van der Waals surface area contributed by atoms with E-state index >= 15 is 0 Å². The van der Waals surface area contributed by atoms with Crippen LogP contribution in [0.15, 0.2) is 53.3 Å². The van der Waals surface area contributed by atoms with Gasteiger partial charge in [-0.1, -0.05) is 65.0 Å². The molecule has 4 N–H and O–H groups in total. The highest BCUT2D eigenvalue weighted by molar-refractivity contribution is 6.24. The van der Waals surface area contributed by atoms with Gasteiger partial charge in [0, 0.05) is 35.2 Å². The van der Waals surface area contributed by atoms with Gasteiger partial charge in [0.05, 0.1) is 5.56 Å². The van der Waals surface area contributed by atoms with Crippen molar-refractivity contribution in [3.63, 3.8) is 0 Å². The summed E-state index contributed by atoms with van der Waals surface area (Å²) in [5.74, 6) is -5.52. The van der Waals surface area contributed by atoms with Gasteiger partial charge in [0.2, 0.25) is 5.78 Å². The number of ketones is 4. The Morgan fingerprint density at radius 2 is 1.68 bits per heavy atom. The molecule has 0 saturated heterocycles.